The lowest BCUT2D eigenvalue weighted by Crippen LogP contribution is -2.31. The van der Waals surface area contributed by atoms with Crippen LogP contribution in [0.15, 0.2) is 72.1 Å². The summed E-state index contributed by atoms with van der Waals surface area (Å²) >= 11 is 1.33. The summed E-state index contributed by atoms with van der Waals surface area (Å²) in [5.41, 5.74) is 2.74. The molecule has 0 saturated carbocycles. The molecule has 2 N–H and O–H groups in total. The van der Waals surface area contributed by atoms with Gasteiger partial charge in [-0.05, 0) is 35.7 Å². The number of benzene rings is 2. The summed E-state index contributed by atoms with van der Waals surface area (Å²) in [4.78, 5) is 2.02. The third kappa shape index (κ3) is 2.85. The van der Waals surface area contributed by atoms with Crippen LogP contribution in [0.1, 0.15) is 0 Å². The van der Waals surface area contributed by atoms with Crippen molar-refractivity contribution in [1.29, 1.82) is 0 Å². The van der Waals surface area contributed by atoms with Gasteiger partial charge in [0, 0.05) is 11.4 Å². The Balaban J connectivity index is 2.15. The molecule has 21 heavy (non-hydrogen) atoms. The Morgan fingerprint density at radius 2 is 1.29 bits per heavy atom. The zero-order valence-corrected chi connectivity index (χ0v) is 12.1. The summed E-state index contributed by atoms with van der Waals surface area (Å²) in [6, 6.07) is 21.7. The molecule has 1 heterocycles. The zero-order chi connectivity index (χ0) is 14.7. The third-order valence-corrected chi connectivity index (χ3v) is 4.12. The van der Waals surface area contributed by atoms with Crippen LogP contribution in [0.3, 0.4) is 0 Å². The fourth-order valence-electron chi connectivity index (χ4n) is 2.27. The summed E-state index contributed by atoms with van der Waals surface area (Å²) in [7, 11) is -1.48. The van der Waals surface area contributed by atoms with Gasteiger partial charge in [-0.2, -0.15) is 11.3 Å². The molecule has 0 aliphatic heterocycles. The number of hydrogen-bond acceptors (Lipinski definition) is 4. The van der Waals surface area contributed by atoms with E-state index in [0.717, 1.165) is 17.1 Å². The predicted molar refractivity (Wildman–Crippen MR) is 88.8 cm³/mol. The molecule has 0 unspecified atom stereocenters. The minimum atomic E-state index is -1.48. The molecule has 0 spiro atoms. The first kappa shape index (κ1) is 13.9. The van der Waals surface area contributed by atoms with Crippen LogP contribution >= 0.6 is 11.3 Å². The molecule has 0 amide bonds. The van der Waals surface area contributed by atoms with Gasteiger partial charge >= 0.3 is 7.12 Å². The predicted octanol–water partition coefficient (Wildman–Crippen LogP) is 2.90. The standard InChI is InChI=1S/C16H14BNO2S/c19-17(20)16-15(11-12-21-16)18(13-7-3-1-4-8-13)14-9-5-2-6-10-14/h1-12,19-20H. The molecule has 0 bridgehead atoms. The van der Waals surface area contributed by atoms with Gasteiger partial charge < -0.3 is 14.9 Å². The van der Waals surface area contributed by atoms with Crippen molar-refractivity contribution in [2.75, 3.05) is 4.90 Å². The van der Waals surface area contributed by atoms with Crippen LogP contribution in [0.2, 0.25) is 0 Å². The molecule has 2 aromatic carbocycles. The van der Waals surface area contributed by atoms with E-state index >= 15 is 0 Å². The maximum Gasteiger partial charge on any atom is 0.501 e. The highest BCUT2D eigenvalue weighted by Gasteiger charge is 2.23. The Morgan fingerprint density at radius 1 is 0.762 bits per heavy atom. The Morgan fingerprint density at radius 3 is 1.76 bits per heavy atom. The molecule has 0 atom stereocenters. The van der Waals surface area contributed by atoms with E-state index in [9.17, 15) is 10.0 Å². The van der Waals surface area contributed by atoms with E-state index in [-0.39, 0.29) is 0 Å². The van der Waals surface area contributed by atoms with Gasteiger partial charge in [0.1, 0.15) is 0 Å². The molecule has 0 fully saturated rings. The van der Waals surface area contributed by atoms with E-state index < -0.39 is 7.12 Å². The fraction of sp³-hybridized carbons (Fsp3) is 0. The first-order valence-corrected chi connectivity index (χ1v) is 7.49. The van der Waals surface area contributed by atoms with Crippen molar-refractivity contribution in [3.8, 4) is 0 Å². The van der Waals surface area contributed by atoms with Crippen molar-refractivity contribution in [3.63, 3.8) is 0 Å². The number of nitrogens with zero attached hydrogens (tertiary/aromatic N) is 1. The maximum absolute atomic E-state index is 9.58. The molecule has 0 aliphatic carbocycles. The second-order valence-corrected chi connectivity index (χ2v) is 5.50. The monoisotopic (exact) mass is 295 g/mol. The molecule has 3 rings (SSSR count). The van der Waals surface area contributed by atoms with Gasteiger partial charge in [-0.15, -0.1) is 0 Å². The fourth-order valence-corrected chi connectivity index (χ4v) is 3.02. The molecule has 3 nitrogen and oxygen atoms in total. The highest BCUT2D eigenvalue weighted by atomic mass is 32.1. The summed E-state index contributed by atoms with van der Waals surface area (Å²) in [6.07, 6.45) is 0. The van der Waals surface area contributed by atoms with Crippen molar-refractivity contribution in [2.45, 2.75) is 0 Å². The normalized spacial score (nSPS) is 10.4. The molecular weight excluding hydrogens is 281 g/mol. The van der Waals surface area contributed by atoms with Crippen LogP contribution in [0.25, 0.3) is 0 Å². The summed E-state index contributed by atoms with van der Waals surface area (Å²) in [6.45, 7) is 0. The van der Waals surface area contributed by atoms with E-state index in [1.54, 1.807) is 0 Å². The van der Waals surface area contributed by atoms with Crippen LogP contribution in [0.5, 0.6) is 0 Å². The van der Waals surface area contributed by atoms with Gasteiger partial charge in [0.2, 0.25) is 0 Å². The van der Waals surface area contributed by atoms with Crippen molar-refractivity contribution in [2.24, 2.45) is 0 Å². The van der Waals surface area contributed by atoms with E-state index in [0.29, 0.717) is 4.78 Å². The lowest BCUT2D eigenvalue weighted by Gasteiger charge is -2.25. The van der Waals surface area contributed by atoms with Gasteiger partial charge in [0.25, 0.3) is 0 Å². The summed E-state index contributed by atoms with van der Waals surface area (Å²) < 4.78 is 0.530. The Bertz CT molecular complexity index is 661. The highest BCUT2D eigenvalue weighted by Crippen LogP contribution is 2.34. The minimum absolute atomic E-state index is 0.530. The molecule has 104 valence electrons. The number of hydrogen-bond donors (Lipinski definition) is 2. The molecule has 1 aromatic heterocycles. The maximum atomic E-state index is 9.58. The molecule has 0 radical (unpaired) electrons. The van der Waals surface area contributed by atoms with Crippen LogP contribution < -0.4 is 9.68 Å². The van der Waals surface area contributed by atoms with Gasteiger partial charge in [-0.3, -0.25) is 0 Å². The highest BCUT2D eigenvalue weighted by molar-refractivity contribution is 7.21. The second kappa shape index (κ2) is 6.14. The number of anilines is 3. The van der Waals surface area contributed by atoms with E-state index in [1.165, 1.54) is 11.3 Å². The average molecular weight is 295 g/mol. The number of rotatable bonds is 4. The zero-order valence-electron chi connectivity index (χ0n) is 11.3. The Hall–Kier alpha value is -2.08. The summed E-state index contributed by atoms with van der Waals surface area (Å²) in [5, 5.41) is 21.0. The first-order valence-electron chi connectivity index (χ1n) is 6.61. The number of para-hydroxylation sites is 2. The van der Waals surface area contributed by atoms with Crippen LogP contribution in [-0.4, -0.2) is 17.2 Å². The largest absolute Gasteiger partial charge is 0.501 e. The van der Waals surface area contributed by atoms with Crippen LogP contribution in [0.4, 0.5) is 17.1 Å². The molecule has 0 aliphatic rings. The molecule has 5 heteroatoms. The smallest absolute Gasteiger partial charge is 0.423 e. The van der Waals surface area contributed by atoms with Crippen molar-refractivity contribution in [1.82, 2.24) is 0 Å². The molecule has 3 aromatic rings. The average Bonchev–Trinajstić information content (AvgIpc) is 2.99. The SMILES string of the molecule is OB(O)c1sccc1N(c1ccccc1)c1ccccc1. The Kier molecular flexibility index (Phi) is 4.06. The lowest BCUT2D eigenvalue weighted by molar-refractivity contribution is 0.427. The van der Waals surface area contributed by atoms with Gasteiger partial charge in [-0.1, -0.05) is 36.4 Å². The van der Waals surface area contributed by atoms with Crippen LogP contribution in [0, 0.1) is 0 Å². The van der Waals surface area contributed by atoms with E-state index in [2.05, 4.69) is 0 Å². The van der Waals surface area contributed by atoms with Gasteiger partial charge in [-0.25, -0.2) is 0 Å². The van der Waals surface area contributed by atoms with Gasteiger partial charge in [0.15, 0.2) is 0 Å². The minimum Gasteiger partial charge on any atom is -0.423 e. The second-order valence-electron chi connectivity index (χ2n) is 4.55. The van der Waals surface area contributed by atoms with Crippen molar-refractivity contribution >= 4 is 40.3 Å². The molecular formula is C16H14BNO2S. The molecule has 0 saturated heterocycles. The topological polar surface area (TPSA) is 43.7 Å². The Labute approximate surface area is 127 Å². The third-order valence-electron chi connectivity index (χ3n) is 3.18. The van der Waals surface area contributed by atoms with E-state index in [1.807, 2.05) is 77.0 Å². The number of thiophene rings is 1. The van der Waals surface area contributed by atoms with Gasteiger partial charge in [0.05, 0.1) is 10.5 Å². The quantitative estimate of drug-likeness (QED) is 0.727. The summed E-state index contributed by atoms with van der Waals surface area (Å²) in [5.74, 6) is 0. The van der Waals surface area contributed by atoms with Crippen LogP contribution in [-0.2, 0) is 0 Å². The first-order chi connectivity index (χ1) is 10.3. The van der Waals surface area contributed by atoms with E-state index in [4.69, 9.17) is 0 Å². The van der Waals surface area contributed by atoms with Crippen molar-refractivity contribution < 1.29 is 10.0 Å². The lowest BCUT2D eigenvalue weighted by atomic mass is 9.87. The van der Waals surface area contributed by atoms with Crippen molar-refractivity contribution in [3.05, 3.63) is 72.1 Å².